The van der Waals surface area contributed by atoms with Gasteiger partial charge in [-0.2, -0.15) is 0 Å². The average Bonchev–Trinajstić information content (AvgIpc) is 2.77. The summed E-state index contributed by atoms with van der Waals surface area (Å²) >= 11 is 1.40. The second-order valence-corrected chi connectivity index (χ2v) is 5.75. The topological polar surface area (TPSA) is 51.0 Å². The SMILES string of the molecule is Cc1cccc(-c2nnc(SCC(=O)N(C)C)n2C)c1. The minimum absolute atomic E-state index is 0.0649. The number of amides is 1. The Kier molecular flexibility index (Phi) is 4.44. The monoisotopic (exact) mass is 290 g/mol. The Hall–Kier alpha value is -1.82. The van der Waals surface area contributed by atoms with Gasteiger partial charge in [0, 0.05) is 26.7 Å². The van der Waals surface area contributed by atoms with E-state index in [2.05, 4.69) is 16.3 Å². The highest BCUT2D eigenvalue weighted by Gasteiger charge is 2.13. The molecule has 0 spiro atoms. The van der Waals surface area contributed by atoms with Gasteiger partial charge >= 0.3 is 0 Å². The number of carbonyl (C=O) groups excluding carboxylic acids is 1. The summed E-state index contributed by atoms with van der Waals surface area (Å²) < 4.78 is 1.92. The summed E-state index contributed by atoms with van der Waals surface area (Å²) in [4.78, 5) is 13.2. The molecule has 0 atom stereocenters. The number of thioether (sulfide) groups is 1. The Morgan fingerprint density at radius 1 is 1.35 bits per heavy atom. The second-order valence-electron chi connectivity index (χ2n) is 4.81. The van der Waals surface area contributed by atoms with Crippen molar-refractivity contribution >= 4 is 17.7 Å². The van der Waals surface area contributed by atoms with Gasteiger partial charge in [0.05, 0.1) is 5.75 Å². The summed E-state index contributed by atoms with van der Waals surface area (Å²) in [7, 11) is 5.41. The van der Waals surface area contributed by atoms with Crippen LogP contribution in [0.3, 0.4) is 0 Å². The van der Waals surface area contributed by atoms with Gasteiger partial charge in [-0.1, -0.05) is 35.5 Å². The van der Waals surface area contributed by atoms with Gasteiger partial charge in [0.1, 0.15) is 0 Å². The van der Waals surface area contributed by atoms with Crippen LogP contribution in [0.15, 0.2) is 29.4 Å². The van der Waals surface area contributed by atoms with Crippen molar-refractivity contribution in [1.82, 2.24) is 19.7 Å². The zero-order valence-corrected chi connectivity index (χ0v) is 12.9. The van der Waals surface area contributed by atoms with Crippen LogP contribution in [0.5, 0.6) is 0 Å². The van der Waals surface area contributed by atoms with Crippen LogP contribution < -0.4 is 0 Å². The van der Waals surface area contributed by atoms with E-state index < -0.39 is 0 Å². The van der Waals surface area contributed by atoms with Crippen molar-refractivity contribution in [3.05, 3.63) is 29.8 Å². The molecule has 0 unspecified atom stereocenters. The third-order valence-electron chi connectivity index (χ3n) is 2.93. The van der Waals surface area contributed by atoms with Gasteiger partial charge in [-0.25, -0.2) is 0 Å². The molecule has 1 aromatic carbocycles. The minimum atomic E-state index is 0.0649. The number of hydrogen-bond acceptors (Lipinski definition) is 4. The van der Waals surface area contributed by atoms with E-state index in [1.54, 1.807) is 19.0 Å². The fourth-order valence-electron chi connectivity index (χ4n) is 1.73. The molecule has 1 amide bonds. The van der Waals surface area contributed by atoms with Crippen LogP contribution in [0.2, 0.25) is 0 Å². The normalized spacial score (nSPS) is 10.6. The van der Waals surface area contributed by atoms with Crippen LogP contribution >= 0.6 is 11.8 Å². The standard InChI is InChI=1S/C14H18N4OS/c1-10-6-5-7-11(8-10)13-15-16-14(18(13)4)20-9-12(19)17(2)3/h5-8H,9H2,1-4H3. The average molecular weight is 290 g/mol. The molecule has 2 aromatic rings. The van der Waals surface area contributed by atoms with Gasteiger partial charge < -0.3 is 9.47 Å². The molecule has 2 rings (SSSR count). The first kappa shape index (κ1) is 14.6. The summed E-state index contributed by atoms with van der Waals surface area (Å²) in [5.41, 5.74) is 2.22. The third-order valence-corrected chi connectivity index (χ3v) is 3.94. The maximum Gasteiger partial charge on any atom is 0.232 e. The Bertz CT molecular complexity index is 621. The molecule has 0 aliphatic carbocycles. The van der Waals surface area contributed by atoms with Crippen molar-refractivity contribution in [1.29, 1.82) is 0 Å². The summed E-state index contributed by atoms with van der Waals surface area (Å²) in [6.07, 6.45) is 0. The van der Waals surface area contributed by atoms with Gasteiger partial charge in [0.15, 0.2) is 11.0 Å². The molecule has 5 nitrogen and oxygen atoms in total. The first-order chi connectivity index (χ1) is 9.49. The predicted octanol–water partition coefficient (Wildman–Crippen LogP) is 1.97. The first-order valence-corrected chi connectivity index (χ1v) is 7.27. The lowest BCUT2D eigenvalue weighted by Crippen LogP contribution is -2.23. The molecule has 6 heteroatoms. The Morgan fingerprint density at radius 3 is 2.75 bits per heavy atom. The largest absolute Gasteiger partial charge is 0.348 e. The number of hydrogen-bond donors (Lipinski definition) is 0. The van der Waals surface area contributed by atoms with Crippen molar-refractivity contribution in [3.8, 4) is 11.4 Å². The molecule has 0 N–H and O–H groups in total. The fraction of sp³-hybridized carbons (Fsp3) is 0.357. The van der Waals surface area contributed by atoms with Crippen molar-refractivity contribution < 1.29 is 4.79 Å². The summed E-state index contributed by atoms with van der Waals surface area (Å²) in [5, 5.41) is 9.12. The highest BCUT2D eigenvalue weighted by atomic mass is 32.2. The van der Waals surface area contributed by atoms with Crippen LogP contribution in [0, 0.1) is 6.92 Å². The number of benzene rings is 1. The first-order valence-electron chi connectivity index (χ1n) is 6.28. The number of aromatic nitrogens is 3. The molecule has 0 aliphatic heterocycles. The molecule has 0 aliphatic rings. The van der Waals surface area contributed by atoms with Crippen LogP contribution in [0.1, 0.15) is 5.56 Å². The minimum Gasteiger partial charge on any atom is -0.348 e. The molecule has 0 radical (unpaired) electrons. The number of aryl methyl sites for hydroxylation is 1. The zero-order chi connectivity index (χ0) is 14.7. The third kappa shape index (κ3) is 3.19. The molecular formula is C14H18N4OS. The van der Waals surface area contributed by atoms with Crippen molar-refractivity contribution in [2.75, 3.05) is 19.8 Å². The molecule has 1 aromatic heterocycles. The second kappa shape index (κ2) is 6.09. The van der Waals surface area contributed by atoms with E-state index in [-0.39, 0.29) is 5.91 Å². The number of rotatable bonds is 4. The van der Waals surface area contributed by atoms with Crippen LogP contribution in [-0.2, 0) is 11.8 Å². The number of carbonyl (C=O) groups is 1. The van der Waals surface area contributed by atoms with Gasteiger partial charge in [0.25, 0.3) is 0 Å². The molecule has 1 heterocycles. The van der Waals surface area contributed by atoms with E-state index in [1.165, 1.54) is 17.3 Å². The van der Waals surface area contributed by atoms with Gasteiger partial charge in [-0.3, -0.25) is 4.79 Å². The van der Waals surface area contributed by atoms with E-state index in [0.717, 1.165) is 16.5 Å². The summed E-state index contributed by atoms with van der Waals surface area (Å²) in [6, 6.07) is 8.13. The smallest absolute Gasteiger partial charge is 0.232 e. The molecule has 0 saturated heterocycles. The molecule has 0 saturated carbocycles. The lowest BCUT2D eigenvalue weighted by Gasteiger charge is -2.09. The van der Waals surface area contributed by atoms with E-state index in [4.69, 9.17) is 0 Å². The van der Waals surface area contributed by atoms with E-state index in [0.29, 0.717) is 5.75 Å². The Labute approximate surface area is 123 Å². The molecule has 106 valence electrons. The highest BCUT2D eigenvalue weighted by Crippen LogP contribution is 2.23. The lowest BCUT2D eigenvalue weighted by molar-refractivity contribution is -0.125. The van der Waals surface area contributed by atoms with Crippen LogP contribution in [-0.4, -0.2) is 45.4 Å². The van der Waals surface area contributed by atoms with E-state index >= 15 is 0 Å². The summed E-state index contributed by atoms with van der Waals surface area (Å²) in [5.74, 6) is 1.25. The predicted molar refractivity (Wildman–Crippen MR) is 80.6 cm³/mol. The van der Waals surface area contributed by atoms with Crippen molar-refractivity contribution in [2.24, 2.45) is 7.05 Å². The van der Waals surface area contributed by atoms with Crippen LogP contribution in [0.25, 0.3) is 11.4 Å². The zero-order valence-electron chi connectivity index (χ0n) is 12.1. The lowest BCUT2D eigenvalue weighted by atomic mass is 10.1. The Balaban J connectivity index is 2.17. The van der Waals surface area contributed by atoms with Gasteiger partial charge in [-0.05, 0) is 13.0 Å². The maximum atomic E-state index is 11.6. The molecule has 0 bridgehead atoms. The Morgan fingerprint density at radius 2 is 2.10 bits per heavy atom. The fourth-order valence-corrected chi connectivity index (χ4v) is 2.62. The van der Waals surface area contributed by atoms with Crippen molar-refractivity contribution in [3.63, 3.8) is 0 Å². The number of nitrogens with zero attached hydrogens (tertiary/aromatic N) is 4. The highest BCUT2D eigenvalue weighted by molar-refractivity contribution is 7.99. The quantitative estimate of drug-likeness (QED) is 0.808. The van der Waals surface area contributed by atoms with E-state index in [9.17, 15) is 4.79 Å². The summed E-state index contributed by atoms with van der Waals surface area (Å²) in [6.45, 7) is 2.05. The van der Waals surface area contributed by atoms with Crippen LogP contribution in [0.4, 0.5) is 0 Å². The van der Waals surface area contributed by atoms with Gasteiger partial charge in [0.2, 0.25) is 5.91 Å². The van der Waals surface area contributed by atoms with Gasteiger partial charge in [-0.15, -0.1) is 10.2 Å². The van der Waals surface area contributed by atoms with Crippen molar-refractivity contribution in [2.45, 2.75) is 12.1 Å². The molecular weight excluding hydrogens is 272 g/mol. The molecule has 0 fully saturated rings. The van der Waals surface area contributed by atoms with E-state index in [1.807, 2.05) is 36.7 Å². The maximum absolute atomic E-state index is 11.6. The molecule has 20 heavy (non-hydrogen) atoms.